The number of rotatable bonds is 3. The molecule has 0 atom stereocenters. The van der Waals surface area contributed by atoms with E-state index < -0.39 is 0 Å². The molecule has 4 heteroatoms. The van der Waals surface area contributed by atoms with Gasteiger partial charge in [0.05, 0.1) is 12.1 Å². The van der Waals surface area contributed by atoms with Crippen molar-refractivity contribution in [3.05, 3.63) is 29.6 Å². The molecule has 16 heavy (non-hydrogen) atoms. The van der Waals surface area contributed by atoms with Gasteiger partial charge >= 0.3 is 0 Å². The van der Waals surface area contributed by atoms with E-state index in [1.54, 1.807) is 18.3 Å². The summed E-state index contributed by atoms with van der Waals surface area (Å²) in [5.74, 6) is 5.35. The van der Waals surface area contributed by atoms with Crippen molar-refractivity contribution < 1.29 is 4.79 Å². The first-order valence-electron chi connectivity index (χ1n) is 5.21. The molecule has 0 unspecified atom stereocenters. The van der Waals surface area contributed by atoms with Crippen molar-refractivity contribution in [2.24, 2.45) is 5.73 Å². The van der Waals surface area contributed by atoms with Crippen LogP contribution < -0.4 is 11.1 Å². The quantitative estimate of drug-likeness (QED) is 0.726. The molecule has 0 radical (unpaired) electrons. The van der Waals surface area contributed by atoms with Gasteiger partial charge in [-0.2, -0.15) is 0 Å². The molecule has 0 spiro atoms. The van der Waals surface area contributed by atoms with Gasteiger partial charge in [-0.3, -0.25) is 4.79 Å². The second-order valence-corrected chi connectivity index (χ2v) is 3.16. The lowest BCUT2D eigenvalue weighted by Gasteiger charge is -2.04. The molecule has 84 valence electrons. The molecule has 1 heterocycles. The Balaban J connectivity index is 2.89. The van der Waals surface area contributed by atoms with E-state index in [2.05, 4.69) is 22.1 Å². The molecular weight excluding hydrogens is 202 g/mol. The van der Waals surface area contributed by atoms with E-state index in [4.69, 9.17) is 5.73 Å². The molecule has 1 amide bonds. The van der Waals surface area contributed by atoms with Gasteiger partial charge in [0.2, 0.25) is 0 Å². The first kappa shape index (κ1) is 12.2. The standard InChI is InChI=1S/C12H15N3O/c1-2-8-15-12(16)11-10(5-3-7-13)6-4-9-14-11/h4,6,9H,2,7-8,13H2,1H3,(H,15,16). The van der Waals surface area contributed by atoms with Gasteiger partial charge in [-0.15, -0.1) is 0 Å². The monoisotopic (exact) mass is 217 g/mol. The van der Waals surface area contributed by atoms with Gasteiger partial charge in [0.15, 0.2) is 0 Å². The van der Waals surface area contributed by atoms with Crippen LogP contribution in [-0.2, 0) is 0 Å². The van der Waals surface area contributed by atoms with E-state index in [1.807, 2.05) is 6.92 Å². The third kappa shape index (κ3) is 3.37. The molecule has 3 N–H and O–H groups in total. The van der Waals surface area contributed by atoms with Crippen LogP contribution >= 0.6 is 0 Å². The lowest BCUT2D eigenvalue weighted by molar-refractivity contribution is 0.0948. The van der Waals surface area contributed by atoms with Crippen LogP contribution in [0.25, 0.3) is 0 Å². The molecule has 0 aromatic carbocycles. The third-order valence-corrected chi connectivity index (χ3v) is 1.88. The van der Waals surface area contributed by atoms with Gasteiger partial charge in [-0.1, -0.05) is 18.8 Å². The maximum absolute atomic E-state index is 11.7. The average Bonchev–Trinajstić information content (AvgIpc) is 2.33. The summed E-state index contributed by atoms with van der Waals surface area (Å²) < 4.78 is 0. The van der Waals surface area contributed by atoms with Crippen molar-refractivity contribution in [1.82, 2.24) is 10.3 Å². The first-order valence-corrected chi connectivity index (χ1v) is 5.21. The lowest BCUT2D eigenvalue weighted by atomic mass is 10.2. The van der Waals surface area contributed by atoms with Gasteiger partial charge in [0, 0.05) is 12.7 Å². The van der Waals surface area contributed by atoms with E-state index >= 15 is 0 Å². The summed E-state index contributed by atoms with van der Waals surface area (Å²) in [6, 6.07) is 3.51. The fraction of sp³-hybridized carbons (Fsp3) is 0.333. The zero-order chi connectivity index (χ0) is 11.8. The Bertz CT molecular complexity index is 418. The van der Waals surface area contributed by atoms with E-state index in [-0.39, 0.29) is 12.5 Å². The number of carbonyl (C=O) groups excluding carboxylic acids is 1. The highest BCUT2D eigenvalue weighted by Gasteiger charge is 2.09. The molecule has 0 aliphatic rings. The number of amides is 1. The van der Waals surface area contributed by atoms with E-state index in [9.17, 15) is 4.79 Å². The van der Waals surface area contributed by atoms with Crippen LogP contribution in [0, 0.1) is 11.8 Å². The molecule has 0 fully saturated rings. The number of nitrogens with zero attached hydrogens (tertiary/aromatic N) is 1. The fourth-order valence-corrected chi connectivity index (χ4v) is 1.16. The van der Waals surface area contributed by atoms with Crippen molar-refractivity contribution in [2.75, 3.05) is 13.1 Å². The van der Waals surface area contributed by atoms with Crippen molar-refractivity contribution in [3.63, 3.8) is 0 Å². The van der Waals surface area contributed by atoms with Gasteiger partial charge in [-0.25, -0.2) is 4.98 Å². The smallest absolute Gasteiger partial charge is 0.271 e. The van der Waals surface area contributed by atoms with Gasteiger partial charge < -0.3 is 11.1 Å². The second-order valence-electron chi connectivity index (χ2n) is 3.16. The highest BCUT2D eigenvalue weighted by atomic mass is 16.1. The minimum absolute atomic E-state index is 0.191. The van der Waals surface area contributed by atoms with Gasteiger partial charge in [0.1, 0.15) is 5.69 Å². The van der Waals surface area contributed by atoms with Crippen molar-refractivity contribution in [2.45, 2.75) is 13.3 Å². The average molecular weight is 217 g/mol. The lowest BCUT2D eigenvalue weighted by Crippen LogP contribution is -2.25. The Morgan fingerprint density at radius 3 is 3.12 bits per heavy atom. The van der Waals surface area contributed by atoms with Crippen LogP contribution in [0.3, 0.4) is 0 Å². The molecule has 0 aliphatic heterocycles. The predicted octanol–water partition coefficient (Wildman–Crippen LogP) is 0.532. The highest BCUT2D eigenvalue weighted by Crippen LogP contribution is 2.03. The minimum atomic E-state index is -0.191. The second kappa shape index (κ2) is 6.59. The topological polar surface area (TPSA) is 68.0 Å². The molecule has 0 saturated carbocycles. The van der Waals surface area contributed by atoms with E-state index in [1.165, 1.54) is 0 Å². The summed E-state index contributed by atoms with van der Waals surface area (Å²) in [5.41, 5.74) is 6.26. The number of pyridine rings is 1. The minimum Gasteiger partial charge on any atom is -0.351 e. The molecule has 4 nitrogen and oxygen atoms in total. The van der Waals surface area contributed by atoms with Crippen LogP contribution in [0.15, 0.2) is 18.3 Å². The van der Waals surface area contributed by atoms with Crippen LogP contribution in [0.2, 0.25) is 0 Å². The number of carbonyl (C=O) groups is 1. The summed E-state index contributed by atoms with van der Waals surface area (Å²) in [6.07, 6.45) is 2.47. The summed E-state index contributed by atoms with van der Waals surface area (Å²) in [6.45, 7) is 2.90. The van der Waals surface area contributed by atoms with Crippen LogP contribution in [0.1, 0.15) is 29.4 Å². The summed E-state index contributed by atoms with van der Waals surface area (Å²) in [4.78, 5) is 15.7. The summed E-state index contributed by atoms with van der Waals surface area (Å²) >= 11 is 0. The largest absolute Gasteiger partial charge is 0.351 e. The van der Waals surface area contributed by atoms with Crippen molar-refractivity contribution >= 4 is 5.91 Å². The van der Waals surface area contributed by atoms with Crippen molar-refractivity contribution in [3.8, 4) is 11.8 Å². The first-order chi connectivity index (χ1) is 7.79. The van der Waals surface area contributed by atoms with E-state index in [0.717, 1.165) is 6.42 Å². The van der Waals surface area contributed by atoms with E-state index in [0.29, 0.717) is 17.8 Å². The van der Waals surface area contributed by atoms with Gasteiger partial charge in [-0.05, 0) is 18.6 Å². The number of hydrogen-bond acceptors (Lipinski definition) is 3. The summed E-state index contributed by atoms with van der Waals surface area (Å²) in [7, 11) is 0. The molecule has 0 saturated heterocycles. The number of aromatic nitrogens is 1. The van der Waals surface area contributed by atoms with Crippen molar-refractivity contribution in [1.29, 1.82) is 0 Å². The zero-order valence-electron chi connectivity index (χ0n) is 9.29. The SMILES string of the molecule is CCCNC(=O)c1ncccc1C#CCN. The Morgan fingerprint density at radius 2 is 2.44 bits per heavy atom. The Hall–Kier alpha value is -1.86. The molecule has 1 aromatic rings. The molecule has 0 bridgehead atoms. The Labute approximate surface area is 95.3 Å². The molecular formula is C12H15N3O. The van der Waals surface area contributed by atoms with Gasteiger partial charge in [0.25, 0.3) is 5.91 Å². The molecule has 0 aliphatic carbocycles. The fourth-order valence-electron chi connectivity index (χ4n) is 1.16. The Morgan fingerprint density at radius 1 is 1.62 bits per heavy atom. The van der Waals surface area contributed by atoms with Crippen LogP contribution in [0.5, 0.6) is 0 Å². The van der Waals surface area contributed by atoms with Crippen LogP contribution in [-0.4, -0.2) is 24.0 Å². The normalized spacial score (nSPS) is 9.12. The number of hydrogen-bond donors (Lipinski definition) is 2. The number of nitrogens with two attached hydrogens (primary N) is 1. The maximum Gasteiger partial charge on any atom is 0.271 e. The number of nitrogens with one attached hydrogen (secondary N) is 1. The zero-order valence-corrected chi connectivity index (χ0v) is 9.29. The summed E-state index contributed by atoms with van der Waals surface area (Å²) in [5, 5.41) is 2.76. The highest BCUT2D eigenvalue weighted by molar-refractivity contribution is 5.94. The third-order valence-electron chi connectivity index (χ3n) is 1.88. The molecule has 1 rings (SSSR count). The molecule has 1 aromatic heterocycles. The Kier molecular flexibility index (Phi) is 5.03. The predicted molar refractivity (Wildman–Crippen MR) is 62.8 cm³/mol. The maximum atomic E-state index is 11.7. The van der Waals surface area contributed by atoms with Crippen LogP contribution in [0.4, 0.5) is 0 Å².